The standard InChI is InChI=1S/C11H14N4O2/c1-6-4-9(11(16)17)7(2)15(6)8(3)10-12-5-13-14-10/h4-5,8H,1-3H3,(H,16,17)(H,12,13,14). The van der Waals surface area contributed by atoms with Crippen molar-refractivity contribution in [2.45, 2.75) is 26.8 Å². The van der Waals surface area contributed by atoms with E-state index in [0.29, 0.717) is 11.4 Å². The van der Waals surface area contributed by atoms with Gasteiger partial charge < -0.3 is 9.67 Å². The number of carbonyl (C=O) groups is 1. The van der Waals surface area contributed by atoms with Crippen LogP contribution in [0.5, 0.6) is 0 Å². The van der Waals surface area contributed by atoms with Crippen LogP contribution >= 0.6 is 0 Å². The number of carboxylic acid groups (broad SMARTS) is 1. The van der Waals surface area contributed by atoms with Gasteiger partial charge in [-0.3, -0.25) is 5.10 Å². The topological polar surface area (TPSA) is 83.8 Å². The molecular weight excluding hydrogens is 220 g/mol. The van der Waals surface area contributed by atoms with Crippen LogP contribution in [0.4, 0.5) is 0 Å². The van der Waals surface area contributed by atoms with Gasteiger partial charge in [-0.2, -0.15) is 5.10 Å². The first-order chi connectivity index (χ1) is 8.02. The number of aromatic amines is 1. The van der Waals surface area contributed by atoms with Gasteiger partial charge in [0.2, 0.25) is 0 Å². The van der Waals surface area contributed by atoms with Gasteiger partial charge in [0.05, 0.1) is 11.6 Å². The van der Waals surface area contributed by atoms with Gasteiger partial charge >= 0.3 is 5.97 Å². The molecule has 0 aromatic carbocycles. The number of aromatic nitrogens is 4. The monoisotopic (exact) mass is 234 g/mol. The summed E-state index contributed by atoms with van der Waals surface area (Å²) < 4.78 is 1.93. The van der Waals surface area contributed by atoms with E-state index in [9.17, 15) is 4.79 Å². The van der Waals surface area contributed by atoms with Crippen molar-refractivity contribution in [1.29, 1.82) is 0 Å². The van der Waals surface area contributed by atoms with Crippen LogP contribution in [0.25, 0.3) is 0 Å². The van der Waals surface area contributed by atoms with Gasteiger partial charge in [-0.1, -0.05) is 0 Å². The van der Waals surface area contributed by atoms with E-state index in [0.717, 1.165) is 11.4 Å². The number of hydrogen-bond donors (Lipinski definition) is 2. The van der Waals surface area contributed by atoms with Crippen LogP contribution in [0.15, 0.2) is 12.4 Å². The summed E-state index contributed by atoms with van der Waals surface area (Å²) in [7, 11) is 0. The number of nitrogens with one attached hydrogen (secondary N) is 1. The zero-order chi connectivity index (χ0) is 12.6. The minimum atomic E-state index is -0.908. The molecule has 0 aliphatic heterocycles. The fraction of sp³-hybridized carbons (Fsp3) is 0.364. The molecular formula is C11H14N4O2. The number of hydrogen-bond acceptors (Lipinski definition) is 3. The Morgan fingerprint density at radius 1 is 1.53 bits per heavy atom. The molecule has 6 nitrogen and oxygen atoms in total. The van der Waals surface area contributed by atoms with Gasteiger partial charge in [-0.05, 0) is 26.8 Å². The van der Waals surface area contributed by atoms with Crippen molar-refractivity contribution in [3.8, 4) is 0 Å². The van der Waals surface area contributed by atoms with Crippen LogP contribution < -0.4 is 0 Å². The van der Waals surface area contributed by atoms with Crippen LogP contribution in [0.3, 0.4) is 0 Å². The van der Waals surface area contributed by atoms with Gasteiger partial charge in [0.25, 0.3) is 0 Å². The Kier molecular flexibility index (Phi) is 2.71. The minimum absolute atomic E-state index is 0.0643. The summed E-state index contributed by atoms with van der Waals surface area (Å²) in [6, 6.07) is 1.61. The average molecular weight is 234 g/mol. The van der Waals surface area contributed by atoms with Crippen LogP contribution in [0.2, 0.25) is 0 Å². The lowest BCUT2D eigenvalue weighted by atomic mass is 10.2. The number of carboxylic acids is 1. The number of rotatable bonds is 3. The molecule has 0 amide bonds. The van der Waals surface area contributed by atoms with E-state index in [1.54, 1.807) is 13.0 Å². The van der Waals surface area contributed by atoms with Gasteiger partial charge in [0.15, 0.2) is 0 Å². The molecule has 17 heavy (non-hydrogen) atoms. The summed E-state index contributed by atoms with van der Waals surface area (Å²) >= 11 is 0. The van der Waals surface area contributed by atoms with Crippen LogP contribution in [-0.2, 0) is 0 Å². The molecule has 2 heterocycles. The normalized spacial score (nSPS) is 12.6. The van der Waals surface area contributed by atoms with Crippen molar-refractivity contribution in [2.75, 3.05) is 0 Å². The number of H-pyrrole nitrogens is 1. The second-order valence-electron chi connectivity index (χ2n) is 4.01. The van der Waals surface area contributed by atoms with Gasteiger partial charge in [0.1, 0.15) is 12.2 Å². The Balaban J connectivity index is 2.49. The van der Waals surface area contributed by atoms with Crippen molar-refractivity contribution >= 4 is 5.97 Å². The number of aromatic carboxylic acids is 1. The third-order valence-electron chi connectivity index (χ3n) is 2.93. The van der Waals surface area contributed by atoms with Crippen molar-refractivity contribution in [3.63, 3.8) is 0 Å². The molecule has 0 aliphatic carbocycles. The molecule has 0 fully saturated rings. The Labute approximate surface area is 98.3 Å². The van der Waals surface area contributed by atoms with E-state index < -0.39 is 5.97 Å². The Bertz CT molecular complexity index is 542. The second kappa shape index (κ2) is 4.04. The molecule has 0 saturated carbocycles. The van der Waals surface area contributed by atoms with Crippen molar-refractivity contribution in [2.24, 2.45) is 0 Å². The summed E-state index contributed by atoms with van der Waals surface area (Å²) in [5.74, 6) is -0.196. The molecule has 0 bridgehead atoms. The minimum Gasteiger partial charge on any atom is -0.478 e. The molecule has 2 aromatic rings. The van der Waals surface area contributed by atoms with Crippen molar-refractivity contribution in [1.82, 2.24) is 19.7 Å². The molecule has 2 N–H and O–H groups in total. The maximum absolute atomic E-state index is 11.0. The fourth-order valence-corrected chi connectivity index (χ4v) is 2.13. The Morgan fingerprint density at radius 3 is 2.71 bits per heavy atom. The van der Waals surface area contributed by atoms with E-state index in [2.05, 4.69) is 15.2 Å². The van der Waals surface area contributed by atoms with E-state index in [4.69, 9.17) is 5.11 Å². The molecule has 90 valence electrons. The molecule has 6 heteroatoms. The number of nitrogens with zero attached hydrogens (tertiary/aromatic N) is 3. The molecule has 1 unspecified atom stereocenters. The van der Waals surface area contributed by atoms with Gasteiger partial charge in [0, 0.05) is 11.4 Å². The summed E-state index contributed by atoms with van der Waals surface area (Å²) in [6.45, 7) is 5.63. The van der Waals surface area contributed by atoms with Crippen molar-refractivity contribution < 1.29 is 9.90 Å². The summed E-state index contributed by atoms with van der Waals surface area (Å²) in [5.41, 5.74) is 1.94. The van der Waals surface area contributed by atoms with Crippen LogP contribution in [-0.4, -0.2) is 30.8 Å². The van der Waals surface area contributed by atoms with Crippen molar-refractivity contribution in [3.05, 3.63) is 35.2 Å². The highest BCUT2D eigenvalue weighted by Gasteiger charge is 2.20. The summed E-state index contributed by atoms with van der Waals surface area (Å²) in [5, 5.41) is 15.7. The molecule has 0 aliphatic rings. The predicted octanol–water partition coefficient (Wildman–Crippen LogP) is 1.53. The SMILES string of the molecule is Cc1cc(C(=O)O)c(C)n1C(C)c1ncn[nH]1. The Hall–Kier alpha value is -2.11. The number of aryl methyl sites for hydroxylation is 1. The largest absolute Gasteiger partial charge is 0.478 e. The lowest BCUT2D eigenvalue weighted by molar-refractivity contribution is 0.0696. The predicted molar refractivity (Wildman–Crippen MR) is 61.1 cm³/mol. The highest BCUT2D eigenvalue weighted by Crippen LogP contribution is 2.23. The first-order valence-corrected chi connectivity index (χ1v) is 5.29. The van der Waals surface area contributed by atoms with E-state index >= 15 is 0 Å². The lowest BCUT2D eigenvalue weighted by Crippen LogP contribution is -2.12. The molecule has 2 aromatic heterocycles. The summed E-state index contributed by atoms with van der Waals surface area (Å²) in [4.78, 5) is 15.1. The van der Waals surface area contributed by atoms with Crippen LogP contribution in [0.1, 0.15) is 40.5 Å². The Morgan fingerprint density at radius 2 is 2.24 bits per heavy atom. The van der Waals surface area contributed by atoms with Gasteiger partial charge in [-0.25, -0.2) is 9.78 Å². The maximum Gasteiger partial charge on any atom is 0.337 e. The molecule has 1 atom stereocenters. The quantitative estimate of drug-likeness (QED) is 0.843. The summed E-state index contributed by atoms with van der Waals surface area (Å²) in [6.07, 6.45) is 1.44. The first kappa shape index (κ1) is 11.4. The van der Waals surface area contributed by atoms with E-state index in [-0.39, 0.29) is 6.04 Å². The van der Waals surface area contributed by atoms with E-state index in [1.165, 1.54) is 6.33 Å². The van der Waals surface area contributed by atoms with Gasteiger partial charge in [-0.15, -0.1) is 0 Å². The average Bonchev–Trinajstić information content (AvgIpc) is 2.86. The zero-order valence-corrected chi connectivity index (χ0v) is 9.93. The highest BCUT2D eigenvalue weighted by atomic mass is 16.4. The third-order valence-corrected chi connectivity index (χ3v) is 2.93. The molecule has 0 saturated heterocycles. The molecule has 0 radical (unpaired) electrons. The first-order valence-electron chi connectivity index (χ1n) is 5.29. The lowest BCUT2D eigenvalue weighted by Gasteiger charge is -2.15. The smallest absolute Gasteiger partial charge is 0.337 e. The fourth-order valence-electron chi connectivity index (χ4n) is 2.13. The van der Waals surface area contributed by atoms with Crippen LogP contribution in [0, 0.1) is 13.8 Å². The maximum atomic E-state index is 11.0. The molecule has 0 spiro atoms. The zero-order valence-electron chi connectivity index (χ0n) is 9.93. The molecule has 2 rings (SSSR count). The van der Waals surface area contributed by atoms with E-state index in [1.807, 2.05) is 18.4 Å². The second-order valence-corrected chi connectivity index (χ2v) is 4.01. The third kappa shape index (κ3) is 1.82. The highest BCUT2D eigenvalue weighted by molar-refractivity contribution is 5.89.